The van der Waals surface area contributed by atoms with Crippen molar-refractivity contribution in [1.82, 2.24) is 15.1 Å². The van der Waals surface area contributed by atoms with Gasteiger partial charge in [0.2, 0.25) is 11.8 Å². The molecule has 0 saturated carbocycles. The molecule has 5 rings (SSSR count). The van der Waals surface area contributed by atoms with Crippen molar-refractivity contribution in [3.8, 4) is 34.2 Å². The number of ether oxygens (including phenoxy) is 3. The molecule has 1 atom stereocenters. The molecule has 43 heavy (non-hydrogen) atoms. The van der Waals surface area contributed by atoms with Crippen LogP contribution in [0.3, 0.4) is 0 Å². The minimum absolute atomic E-state index is 0.0895. The van der Waals surface area contributed by atoms with Crippen LogP contribution in [0.4, 0.5) is 5.82 Å². The summed E-state index contributed by atoms with van der Waals surface area (Å²) in [4.78, 5) is 28.6. The van der Waals surface area contributed by atoms with Gasteiger partial charge in [0.25, 0.3) is 0 Å². The van der Waals surface area contributed by atoms with Crippen LogP contribution in [0, 0.1) is 0 Å². The minimum Gasteiger partial charge on any atom is -0.497 e. The van der Waals surface area contributed by atoms with Crippen LogP contribution < -0.4 is 24.4 Å². The second-order valence-electron chi connectivity index (χ2n) is 10.2. The molecule has 3 aromatic carbocycles. The molecule has 1 N–H and O–H groups in total. The van der Waals surface area contributed by atoms with Gasteiger partial charge in [-0.3, -0.25) is 14.5 Å². The molecule has 1 aromatic heterocycles. The molecule has 2 heterocycles. The fraction of sp³-hybridized carbons (Fsp3) is 0.281. The van der Waals surface area contributed by atoms with Crippen molar-refractivity contribution in [3.05, 3.63) is 82.9 Å². The summed E-state index contributed by atoms with van der Waals surface area (Å²) in [6.45, 7) is 3.60. The van der Waals surface area contributed by atoms with Gasteiger partial charge in [0.05, 0.1) is 43.7 Å². The van der Waals surface area contributed by atoms with E-state index >= 15 is 0 Å². The summed E-state index contributed by atoms with van der Waals surface area (Å²) in [6.07, 6.45) is 0. The Balaban J connectivity index is 1.83. The number of carbonyl (C=O) groups excluding carboxylic acids is 2. The van der Waals surface area contributed by atoms with E-state index in [-0.39, 0.29) is 30.2 Å². The van der Waals surface area contributed by atoms with Crippen molar-refractivity contribution in [2.75, 3.05) is 38.5 Å². The van der Waals surface area contributed by atoms with Crippen molar-refractivity contribution in [2.45, 2.75) is 25.1 Å². The van der Waals surface area contributed by atoms with E-state index in [1.807, 2.05) is 68.4 Å². The van der Waals surface area contributed by atoms with E-state index in [1.54, 1.807) is 38.1 Å². The van der Waals surface area contributed by atoms with Gasteiger partial charge in [-0.05, 0) is 68.4 Å². The van der Waals surface area contributed by atoms with Crippen molar-refractivity contribution < 1.29 is 23.8 Å². The molecule has 0 spiro atoms. The Morgan fingerprint density at radius 2 is 1.67 bits per heavy atom. The first-order chi connectivity index (χ1) is 20.7. The first-order valence-corrected chi connectivity index (χ1v) is 15.1. The molecule has 0 bridgehead atoms. The van der Waals surface area contributed by atoms with Crippen LogP contribution in [0.15, 0.2) is 66.7 Å². The Hall–Kier alpha value is -4.15. The Kier molecular flexibility index (Phi) is 9.17. The normalized spacial score (nSPS) is 14.7. The van der Waals surface area contributed by atoms with Gasteiger partial charge < -0.3 is 19.5 Å². The second kappa shape index (κ2) is 13.0. The van der Waals surface area contributed by atoms with E-state index in [9.17, 15) is 9.59 Å². The van der Waals surface area contributed by atoms with Gasteiger partial charge in [0.1, 0.15) is 29.6 Å². The van der Waals surface area contributed by atoms with Crippen molar-refractivity contribution in [1.29, 1.82) is 0 Å². The van der Waals surface area contributed by atoms with Crippen molar-refractivity contribution >= 4 is 41.0 Å². The first kappa shape index (κ1) is 30.3. The number of aromatic nitrogens is 2. The van der Waals surface area contributed by atoms with Crippen LogP contribution in [-0.4, -0.2) is 61.3 Å². The molecular weight excluding hydrogens is 588 g/mol. The fourth-order valence-corrected chi connectivity index (χ4v) is 6.38. The number of benzene rings is 3. The molecule has 224 valence electrons. The zero-order valence-electron chi connectivity index (χ0n) is 24.6. The van der Waals surface area contributed by atoms with Gasteiger partial charge >= 0.3 is 0 Å². The summed E-state index contributed by atoms with van der Waals surface area (Å²) in [5, 5.41) is 8.21. The van der Waals surface area contributed by atoms with Gasteiger partial charge in [0.15, 0.2) is 0 Å². The van der Waals surface area contributed by atoms with Crippen LogP contribution in [0.1, 0.15) is 30.2 Å². The topological polar surface area (TPSA) is 94.9 Å². The summed E-state index contributed by atoms with van der Waals surface area (Å²) in [5.74, 6) is 2.10. The molecule has 0 unspecified atom stereocenters. The number of nitrogens with zero attached hydrogens (tertiary/aromatic N) is 3. The number of thioether (sulfide) groups is 1. The van der Waals surface area contributed by atoms with Crippen molar-refractivity contribution in [2.24, 2.45) is 0 Å². The van der Waals surface area contributed by atoms with Gasteiger partial charge in [-0.25, -0.2) is 4.68 Å². The minimum atomic E-state index is -0.403. The Morgan fingerprint density at radius 1 is 1.00 bits per heavy atom. The molecular formula is C32H33ClN4O5S. The lowest BCUT2D eigenvalue weighted by Gasteiger charge is -2.24. The highest BCUT2D eigenvalue weighted by molar-refractivity contribution is 8.00. The highest BCUT2D eigenvalue weighted by Crippen LogP contribution is 2.51. The number of hydrogen-bond acceptors (Lipinski definition) is 7. The number of amides is 2. The number of carbonyl (C=O) groups is 2. The van der Waals surface area contributed by atoms with Gasteiger partial charge in [-0.1, -0.05) is 23.7 Å². The molecule has 4 aromatic rings. The average Bonchev–Trinajstić information content (AvgIpc) is 3.33. The third kappa shape index (κ3) is 6.30. The molecule has 0 aliphatic carbocycles. The van der Waals surface area contributed by atoms with E-state index in [2.05, 4.69) is 5.32 Å². The van der Waals surface area contributed by atoms with Gasteiger partial charge in [-0.2, -0.15) is 5.10 Å². The largest absolute Gasteiger partial charge is 0.497 e. The summed E-state index contributed by atoms with van der Waals surface area (Å²) >= 11 is 7.72. The Labute approximate surface area is 260 Å². The summed E-state index contributed by atoms with van der Waals surface area (Å²) in [7, 11) is 4.82. The number of hydrogen-bond donors (Lipinski definition) is 1. The summed E-state index contributed by atoms with van der Waals surface area (Å²) in [5.41, 5.74) is 3.73. The lowest BCUT2D eigenvalue weighted by molar-refractivity contribution is -0.123. The molecule has 1 aliphatic rings. The van der Waals surface area contributed by atoms with Crippen molar-refractivity contribution in [3.63, 3.8) is 0 Å². The standard InChI is InChI=1S/C32H33ClN4O5S/c1-19(2)34-27(38)17-36-28(39)18-43-31(25-16-24(41-4)14-15-26(25)42-5)29-30(20-6-8-21(33)9-7-20)35-37(32(29)36)22-10-12-23(40-3)13-11-22/h6-16,19,31H,17-18H2,1-5H3,(H,34,38)/t31-/m1/s1. The quantitative estimate of drug-likeness (QED) is 0.248. The number of methoxy groups -OCH3 is 3. The second-order valence-corrected chi connectivity index (χ2v) is 11.7. The predicted molar refractivity (Wildman–Crippen MR) is 170 cm³/mol. The number of halogens is 1. The van der Waals surface area contributed by atoms with Crippen LogP contribution in [-0.2, 0) is 9.59 Å². The van der Waals surface area contributed by atoms with Gasteiger partial charge in [0, 0.05) is 27.8 Å². The monoisotopic (exact) mass is 620 g/mol. The maximum atomic E-state index is 13.9. The van der Waals surface area contributed by atoms with Crippen LogP contribution in [0.5, 0.6) is 17.2 Å². The van der Waals surface area contributed by atoms with Crippen LogP contribution in [0.25, 0.3) is 16.9 Å². The lowest BCUT2D eigenvalue weighted by atomic mass is 9.98. The van der Waals surface area contributed by atoms with E-state index in [0.29, 0.717) is 39.5 Å². The van der Waals surface area contributed by atoms with E-state index in [0.717, 1.165) is 16.7 Å². The van der Waals surface area contributed by atoms with Crippen LogP contribution in [0.2, 0.25) is 5.02 Å². The highest BCUT2D eigenvalue weighted by Gasteiger charge is 2.39. The number of anilines is 1. The molecule has 2 amide bonds. The SMILES string of the molecule is COc1ccc(-n2nc(-c3ccc(Cl)cc3)c3c2N(CC(=O)NC(C)C)C(=O)CS[C@@H]3c2cc(OC)ccc2OC)cc1. The molecule has 0 saturated heterocycles. The fourth-order valence-electron chi connectivity index (χ4n) is 5.04. The predicted octanol–water partition coefficient (Wildman–Crippen LogP) is 5.91. The number of rotatable bonds is 9. The van der Waals surface area contributed by atoms with E-state index < -0.39 is 5.25 Å². The first-order valence-electron chi connectivity index (χ1n) is 13.7. The smallest absolute Gasteiger partial charge is 0.240 e. The van der Waals surface area contributed by atoms with E-state index in [4.69, 9.17) is 30.9 Å². The Morgan fingerprint density at radius 3 is 2.30 bits per heavy atom. The molecule has 1 aliphatic heterocycles. The molecule has 0 radical (unpaired) electrons. The third-order valence-electron chi connectivity index (χ3n) is 6.99. The lowest BCUT2D eigenvalue weighted by Crippen LogP contribution is -2.44. The van der Waals surface area contributed by atoms with Gasteiger partial charge in [-0.15, -0.1) is 11.8 Å². The highest BCUT2D eigenvalue weighted by atomic mass is 35.5. The Bertz CT molecular complexity index is 1620. The molecule has 11 heteroatoms. The molecule has 9 nitrogen and oxygen atoms in total. The van der Waals surface area contributed by atoms with Crippen LogP contribution >= 0.6 is 23.4 Å². The maximum Gasteiger partial charge on any atom is 0.240 e. The zero-order chi connectivity index (χ0) is 30.7. The van der Waals surface area contributed by atoms with E-state index in [1.165, 1.54) is 16.7 Å². The number of nitrogens with one attached hydrogen (secondary N) is 1. The molecule has 0 fully saturated rings. The summed E-state index contributed by atoms with van der Waals surface area (Å²) in [6, 6.07) is 20.3. The zero-order valence-corrected chi connectivity index (χ0v) is 26.2. The maximum absolute atomic E-state index is 13.9. The number of fused-ring (bicyclic) bond motifs is 1. The summed E-state index contributed by atoms with van der Waals surface area (Å²) < 4.78 is 18.5. The average molecular weight is 621 g/mol. The third-order valence-corrected chi connectivity index (χ3v) is 8.48.